The van der Waals surface area contributed by atoms with Gasteiger partial charge in [-0.25, -0.2) is 9.77 Å². The summed E-state index contributed by atoms with van der Waals surface area (Å²) in [6.45, 7) is 0.223. The van der Waals surface area contributed by atoms with Crippen molar-refractivity contribution < 1.29 is 23.0 Å². The molecule has 33 heavy (non-hydrogen) atoms. The van der Waals surface area contributed by atoms with Gasteiger partial charge in [-0.3, -0.25) is 0 Å². The molecule has 0 saturated heterocycles. The number of fused-ring (bicyclic) bond motifs is 1. The summed E-state index contributed by atoms with van der Waals surface area (Å²) in [5.41, 5.74) is 2.34. The van der Waals surface area contributed by atoms with Crippen LogP contribution >= 0.6 is 15.9 Å². The summed E-state index contributed by atoms with van der Waals surface area (Å²) in [5.74, 6) is 0.742. The van der Waals surface area contributed by atoms with Gasteiger partial charge in [-0.1, -0.05) is 29.4 Å². The fourth-order valence-electron chi connectivity index (χ4n) is 3.51. The van der Waals surface area contributed by atoms with Crippen molar-refractivity contribution in [2.45, 2.75) is 12.6 Å². The van der Waals surface area contributed by atoms with Crippen molar-refractivity contribution in [1.82, 2.24) is 14.6 Å². The van der Waals surface area contributed by atoms with Gasteiger partial charge in [0.25, 0.3) is 10.2 Å². The summed E-state index contributed by atoms with van der Waals surface area (Å²) in [6.07, 6.45) is 0. The van der Waals surface area contributed by atoms with Gasteiger partial charge in [0.2, 0.25) is 11.7 Å². The molecule has 1 aliphatic rings. The van der Waals surface area contributed by atoms with Gasteiger partial charge in [-0.05, 0) is 55.6 Å². The van der Waals surface area contributed by atoms with Crippen LogP contribution < -0.4 is 20.5 Å². The molecular weight excluding hydrogens is 518 g/mol. The minimum absolute atomic E-state index is 0.0387. The van der Waals surface area contributed by atoms with E-state index in [1.165, 1.54) is 0 Å². The van der Waals surface area contributed by atoms with Crippen molar-refractivity contribution >= 4 is 43.5 Å². The van der Waals surface area contributed by atoms with E-state index in [1.54, 1.807) is 25.3 Å². The number of aromatic nitrogens is 2. The van der Waals surface area contributed by atoms with Crippen LogP contribution in [-0.4, -0.2) is 47.7 Å². The van der Waals surface area contributed by atoms with Crippen LogP contribution in [-0.2, 0) is 16.8 Å². The number of rotatable bonds is 6. The van der Waals surface area contributed by atoms with Crippen molar-refractivity contribution in [3.8, 4) is 5.75 Å². The molecule has 1 atom stereocenters. The second kappa shape index (κ2) is 9.35. The highest BCUT2D eigenvalue weighted by molar-refractivity contribution is 9.10. The smallest absolute Gasteiger partial charge is 0.277 e. The molecule has 0 bridgehead atoms. The van der Waals surface area contributed by atoms with E-state index in [1.807, 2.05) is 24.3 Å². The maximum atomic E-state index is 12.0. The fraction of sp³-hybridized carbons (Fsp3) is 0.211. The first kappa shape index (κ1) is 23.0. The quantitative estimate of drug-likeness (QED) is 0.159. The first-order valence-corrected chi connectivity index (χ1v) is 11.9. The average Bonchev–Trinajstić information content (AvgIpc) is 3.25. The fourth-order valence-corrected chi connectivity index (χ4v) is 4.72. The van der Waals surface area contributed by atoms with Gasteiger partial charge >= 0.3 is 0 Å². The molecule has 0 radical (unpaired) electrons. The van der Waals surface area contributed by atoms with E-state index < -0.39 is 16.3 Å². The number of nitrogens with one attached hydrogen (secondary N) is 2. The second-order valence-electron chi connectivity index (χ2n) is 7.12. The molecule has 2 aromatic carbocycles. The van der Waals surface area contributed by atoms with Gasteiger partial charge < -0.3 is 20.6 Å². The molecular formula is C19H20BrN7O5S. The SMILES string of the molecule is COc1ccc(N/C(=N\O)c2nonc2NC2CN(S(N)(=O)=O)Cc3ccccc32)cc1Br. The zero-order valence-electron chi connectivity index (χ0n) is 17.3. The number of hydrogen-bond acceptors (Lipinski definition) is 9. The molecule has 0 aliphatic carbocycles. The number of amidine groups is 1. The molecule has 0 spiro atoms. The number of hydrogen-bond donors (Lipinski definition) is 4. The van der Waals surface area contributed by atoms with Gasteiger partial charge in [-0.15, -0.1) is 0 Å². The summed E-state index contributed by atoms with van der Waals surface area (Å²) >= 11 is 3.39. The largest absolute Gasteiger partial charge is 0.496 e. The molecule has 0 saturated carbocycles. The van der Waals surface area contributed by atoms with Crippen LogP contribution in [0.25, 0.3) is 0 Å². The topological polar surface area (TPSA) is 168 Å². The minimum Gasteiger partial charge on any atom is -0.496 e. The number of anilines is 2. The summed E-state index contributed by atoms with van der Waals surface area (Å²) in [6, 6.07) is 12.0. The van der Waals surface area contributed by atoms with Crippen molar-refractivity contribution in [3.05, 3.63) is 63.8 Å². The van der Waals surface area contributed by atoms with Crippen LogP contribution in [0.2, 0.25) is 0 Å². The van der Waals surface area contributed by atoms with E-state index in [9.17, 15) is 13.6 Å². The van der Waals surface area contributed by atoms with E-state index in [2.05, 4.69) is 42.0 Å². The lowest BCUT2D eigenvalue weighted by Crippen LogP contribution is -2.43. The molecule has 3 aromatic rings. The highest BCUT2D eigenvalue weighted by Gasteiger charge is 2.32. The predicted molar refractivity (Wildman–Crippen MR) is 123 cm³/mol. The molecule has 5 N–H and O–H groups in total. The van der Waals surface area contributed by atoms with E-state index in [0.717, 1.165) is 15.4 Å². The van der Waals surface area contributed by atoms with Gasteiger partial charge in [0.15, 0.2) is 5.69 Å². The van der Waals surface area contributed by atoms with Crippen LogP contribution in [0.1, 0.15) is 22.9 Å². The van der Waals surface area contributed by atoms with Crippen LogP contribution in [0.5, 0.6) is 5.75 Å². The number of methoxy groups -OCH3 is 1. The lowest BCUT2D eigenvalue weighted by Gasteiger charge is -2.33. The Balaban J connectivity index is 1.61. The van der Waals surface area contributed by atoms with Crippen LogP contribution in [0.4, 0.5) is 11.5 Å². The summed E-state index contributed by atoms with van der Waals surface area (Å²) < 4.78 is 35.9. The summed E-state index contributed by atoms with van der Waals surface area (Å²) in [5, 5.41) is 32.0. The Morgan fingerprint density at radius 3 is 2.82 bits per heavy atom. The molecule has 12 nitrogen and oxygen atoms in total. The number of nitrogens with zero attached hydrogens (tertiary/aromatic N) is 4. The van der Waals surface area contributed by atoms with Crippen LogP contribution in [0, 0.1) is 0 Å². The lowest BCUT2D eigenvalue weighted by molar-refractivity contribution is 0.304. The van der Waals surface area contributed by atoms with Gasteiger partial charge in [-0.2, -0.15) is 12.7 Å². The maximum Gasteiger partial charge on any atom is 0.277 e. The second-order valence-corrected chi connectivity index (χ2v) is 9.52. The zero-order valence-corrected chi connectivity index (χ0v) is 19.7. The van der Waals surface area contributed by atoms with Gasteiger partial charge in [0.1, 0.15) is 5.75 Å². The van der Waals surface area contributed by atoms with Gasteiger partial charge in [0, 0.05) is 18.8 Å². The predicted octanol–water partition coefficient (Wildman–Crippen LogP) is 2.26. The molecule has 0 amide bonds. The molecule has 1 aromatic heterocycles. The van der Waals surface area contributed by atoms with Crippen LogP contribution in [0.15, 0.2) is 56.7 Å². The Morgan fingerprint density at radius 2 is 2.12 bits per heavy atom. The highest BCUT2D eigenvalue weighted by atomic mass is 79.9. The third-order valence-corrected chi connectivity index (χ3v) is 6.68. The Labute approximate surface area is 197 Å². The van der Waals surface area contributed by atoms with E-state index in [4.69, 9.17) is 14.5 Å². The Morgan fingerprint density at radius 1 is 1.33 bits per heavy atom. The molecule has 1 aliphatic heterocycles. The van der Waals surface area contributed by atoms with E-state index in [0.29, 0.717) is 15.9 Å². The van der Waals surface area contributed by atoms with Crippen molar-refractivity contribution in [1.29, 1.82) is 0 Å². The minimum atomic E-state index is -3.92. The third kappa shape index (κ3) is 4.93. The number of halogens is 1. The Kier molecular flexibility index (Phi) is 6.51. The van der Waals surface area contributed by atoms with Crippen molar-refractivity contribution in [3.63, 3.8) is 0 Å². The highest BCUT2D eigenvalue weighted by Crippen LogP contribution is 2.31. The van der Waals surface area contributed by atoms with Crippen molar-refractivity contribution in [2.24, 2.45) is 10.3 Å². The Hall–Kier alpha value is -3.20. The lowest BCUT2D eigenvalue weighted by atomic mass is 9.96. The number of oxime groups is 1. The molecule has 1 unspecified atom stereocenters. The third-order valence-electron chi connectivity index (χ3n) is 5.06. The zero-order chi connectivity index (χ0) is 23.6. The maximum absolute atomic E-state index is 12.0. The molecule has 0 fully saturated rings. The molecule has 174 valence electrons. The number of nitrogens with two attached hydrogens (primary N) is 1. The molecule has 2 heterocycles. The first-order chi connectivity index (χ1) is 15.8. The summed E-state index contributed by atoms with van der Waals surface area (Å²) in [7, 11) is -2.37. The average molecular weight is 538 g/mol. The van der Waals surface area contributed by atoms with E-state index in [-0.39, 0.29) is 30.4 Å². The normalized spacial score (nSPS) is 16.8. The summed E-state index contributed by atoms with van der Waals surface area (Å²) in [4.78, 5) is 0. The number of benzene rings is 2. The van der Waals surface area contributed by atoms with Crippen molar-refractivity contribution in [2.75, 3.05) is 24.3 Å². The molecule has 4 rings (SSSR count). The standard InChI is InChI=1S/C19H20BrN7O5S/c1-31-16-7-6-12(8-14(16)20)22-18(24-28)17-19(26-32-25-17)23-15-10-27(33(21,29)30)9-11-4-2-3-5-13(11)15/h2-8,15,28H,9-10H2,1H3,(H,22,24)(H,23,26)(H2,21,29,30). The van der Waals surface area contributed by atoms with Crippen LogP contribution in [0.3, 0.4) is 0 Å². The molecule has 14 heteroatoms. The Bertz CT molecular complexity index is 1300. The number of ether oxygens (including phenoxy) is 1. The first-order valence-electron chi connectivity index (χ1n) is 9.58. The van der Waals surface area contributed by atoms with E-state index >= 15 is 0 Å². The monoisotopic (exact) mass is 537 g/mol. The van der Waals surface area contributed by atoms with Gasteiger partial charge in [0.05, 0.1) is 17.6 Å².